The second-order valence-electron chi connectivity index (χ2n) is 8.23. The van der Waals surface area contributed by atoms with Crippen molar-refractivity contribution >= 4 is 28.1 Å². The highest BCUT2D eigenvalue weighted by Gasteiger charge is 2.20. The summed E-state index contributed by atoms with van der Waals surface area (Å²) in [7, 11) is -1.02. The van der Waals surface area contributed by atoms with Gasteiger partial charge in [-0.25, -0.2) is 4.98 Å². The number of fused-ring (bicyclic) bond motifs is 1. The summed E-state index contributed by atoms with van der Waals surface area (Å²) in [5.74, 6) is 1.24. The van der Waals surface area contributed by atoms with Crippen LogP contribution < -0.4 is 15.0 Å². The van der Waals surface area contributed by atoms with Crippen LogP contribution in [-0.2, 0) is 17.3 Å². The zero-order chi connectivity index (χ0) is 24.2. The Balaban J connectivity index is 1.31. The molecule has 0 radical (unpaired) electrons. The maximum atomic E-state index is 12.8. The molecule has 178 valence electrons. The van der Waals surface area contributed by atoms with E-state index in [4.69, 9.17) is 9.15 Å². The molecule has 1 aromatic heterocycles. The van der Waals surface area contributed by atoms with E-state index in [2.05, 4.69) is 15.2 Å². The molecule has 1 amide bonds. The molecule has 0 saturated heterocycles. The van der Waals surface area contributed by atoms with Gasteiger partial charge in [-0.05, 0) is 66.6 Å². The average Bonchev–Trinajstić information content (AvgIpc) is 3.35. The Labute approximate surface area is 206 Å². The quantitative estimate of drug-likeness (QED) is 0.415. The van der Waals surface area contributed by atoms with Crippen LogP contribution in [0.4, 0.5) is 11.4 Å². The molecule has 0 bridgehead atoms. The minimum atomic E-state index is -1.02. The number of aromatic nitrogens is 1. The average molecular weight is 488 g/mol. The fourth-order valence-electron chi connectivity index (χ4n) is 4.03. The van der Waals surface area contributed by atoms with Gasteiger partial charge in [-0.1, -0.05) is 12.1 Å². The molecule has 0 fully saturated rings. The van der Waals surface area contributed by atoms with E-state index in [-0.39, 0.29) is 5.91 Å². The Kier molecular flexibility index (Phi) is 6.63. The summed E-state index contributed by atoms with van der Waals surface area (Å²) in [6, 6.07) is 21.1. The number of benzene rings is 3. The fraction of sp³-hybridized carbons (Fsp3) is 0.185. The zero-order valence-corrected chi connectivity index (χ0v) is 20.1. The van der Waals surface area contributed by atoms with Crippen LogP contribution in [0.5, 0.6) is 5.75 Å². The van der Waals surface area contributed by atoms with Crippen molar-refractivity contribution in [1.82, 2.24) is 10.3 Å². The fourth-order valence-corrected chi connectivity index (χ4v) is 4.55. The molecular weight excluding hydrogens is 462 g/mol. The molecule has 0 aliphatic carbocycles. The number of hydrogen-bond acceptors (Lipinski definition) is 6. The Bertz CT molecular complexity index is 1340. The van der Waals surface area contributed by atoms with Crippen molar-refractivity contribution < 1.29 is 18.2 Å². The maximum absolute atomic E-state index is 12.8. The van der Waals surface area contributed by atoms with Crippen molar-refractivity contribution in [2.45, 2.75) is 17.9 Å². The third-order valence-corrected chi connectivity index (χ3v) is 6.84. The Morgan fingerprint density at radius 2 is 1.89 bits per heavy atom. The van der Waals surface area contributed by atoms with Crippen LogP contribution in [0.3, 0.4) is 0 Å². The zero-order valence-electron chi connectivity index (χ0n) is 19.3. The number of nitrogens with zero attached hydrogens (tertiary/aromatic N) is 2. The molecule has 2 heterocycles. The van der Waals surface area contributed by atoms with E-state index in [0.717, 1.165) is 46.1 Å². The molecule has 1 aliphatic heterocycles. The lowest BCUT2D eigenvalue weighted by molar-refractivity contribution is 0.0950. The van der Waals surface area contributed by atoms with Crippen LogP contribution in [0.1, 0.15) is 22.3 Å². The normalized spacial score (nSPS) is 13.9. The molecule has 4 aromatic rings. The summed E-state index contributed by atoms with van der Waals surface area (Å²) in [4.78, 5) is 19.8. The van der Waals surface area contributed by atoms with Gasteiger partial charge in [0.25, 0.3) is 5.91 Å². The first-order chi connectivity index (χ1) is 17.1. The number of rotatable bonds is 6. The topological polar surface area (TPSA) is 84.7 Å². The van der Waals surface area contributed by atoms with Gasteiger partial charge in [0.15, 0.2) is 12.2 Å². The monoisotopic (exact) mass is 487 g/mol. The number of anilines is 2. The van der Waals surface area contributed by atoms with Gasteiger partial charge in [0.1, 0.15) is 5.75 Å². The van der Waals surface area contributed by atoms with Crippen molar-refractivity contribution in [2.75, 3.05) is 24.3 Å². The summed E-state index contributed by atoms with van der Waals surface area (Å²) in [6.07, 6.45) is 5.62. The highest BCUT2D eigenvalue weighted by molar-refractivity contribution is 7.84. The molecule has 0 saturated carbocycles. The van der Waals surface area contributed by atoms with Gasteiger partial charge >= 0.3 is 0 Å². The molecule has 7 nitrogen and oxygen atoms in total. The SMILES string of the molecule is CS(=O)c1ccc(CNC(=O)c2ccc3c(c2)OCCCN3c2ccc(-c3cnco3)cc2)cc1. The van der Waals surface area contributed by atoms with E-state index in [0.29, 0.717) is 24.5 Å². The second-order valence-corrected chi connectivity index (χ2v) is 9.61. The van der Waals surface area contributed by atoms with E-state index in [1.54, 1.807) is 18.5 Å². The molecule has 5 rings (SSSR count). The molecule has 8 heteroatoms. The maximum Gasteiger partial charge on any atom is 0.251 e. The Morgan fingerprint density at radius 3 is 2.60 bits per heavy atom. The van der Waals surface area contributed by atoms with Crippen LogP contribution in [0.15, 0.2) is 88.6 Å². The van der Waals surface area contributed by atoms with Crippen molar-refractivity contribution in [3.63, 3.8) is 0 Å². The first-order valence-electron chi connectivity index (χ1n) is 11.3. The number of amides is 1. The summed E-state index contributed by atoms with van der Waals surface area (Å²) >= 11 is 0. The number of carbonyl (C=O) groups excluding carboxylic acids is 1. The molecule has 1 N–H and O–H groups in total. The predicted octanol–water partition coefficient (Wildman–Crippen LogP) is 4.93. The van der Waals surface area contributed by atoms with E-state index >= 15 is 0 Å². The van der Waals surface area contributed by atoms with Crippen LogP contribution in [0, 0.1) is 0 Å². The number of hydrogen-bond donors (Lipinski definition) is 1. The van der Waals surface area contributed by atoms with Crippen molar-refractivity contribution in [3.05, 3.63) is 90.4 Å². The van der Waals surface area contributed by atoms with E-state index < -0.39 is 10.8 Å². The predicted molar refractivity (Wildman–Crippen MR) is 135 cm³/mol. The van der Waals surface area contributed by atoms with Crippen LogP contribution >= 0.6 is 0 Å². The molecule has 3 aromatic carbocycles. The Hall–Kier alpha value is -3.91. The van der Waals surface area contributed by atoms with Gasteiger partial charge in [-0.3, -0.25) is 9.00 Å². The molecule has 0 spiro atoms. The number of nitrogens with one attached hydrogen (secondary N) is 1. The van der Waals surface area contributed by atoms with Crippen molar-refractivity contribution in [3.8, 4) is 17.1 Å². The summed E-state index contributed by atoms with van der Waals surface area (Å²) in [5, 5.41) is 2.95. The number of oxazole rings is 1. The first-order valence-corrected chi connectivity index (χ1v) is 12.9. The van der Waals surface area contributed by atoms with Crippen LogP contribution in [-0.4, -0.2) is 34.5 Å². The van der Waals surface area contributed by atoms with Gasteiger partial charge in [0.2, 0.25) is 0 Å². The molecule has 1 aliphatic rings. The number of ether oxygens (including phenoxy) is 1. The standard InChI is InChI=1S/C27H25N3O4S/c1-35(32)23-10-3-19(4-11-23)16-29-27(31)21-7-12-24-25(15-21)33-14-2-13-30(24)22-8-5-20(6-9-22)26-17-28-18-34-26/h3-12,15,17-18H,2,13-14,16H2,1H3,(H,29,31). The van der Waals surface area contributed by atoms with Gasteiger partial charge in [-0.2, -0.15) is 0 Å². The summed E-state index contributed by atoms with van der Waals surface area (Å²) in [6.45, 7) is 1.77. The largest absolute Gasteiger partial charge is 0.491 e. The second kappa shape index (κ2) is 10.1. The van der Waals surface area contributed by atoms with Gasteiger partial charge in [0.05, 0.1) is 18.5 Å². The lowest BCUT2D eigenvalue weighted by Crippen LogP contribution is -2.23. The van der Waals surface area contributed by atoms with E-state index in [9.17, 15) is 9.00 Å². The van der Waals surface area contributed by atoms with Gasteiger partial charge < -0.3 is 19.4 Å². The Morgan fingerprint density at radius 1 is 1.09 bits per heavy atom. The molecule has 1 atom stereocenters. The first kappa shape index (κ1) is 22.9. The highest BCUT2D eigenvalue weighted by Crippen LogP contribution is 2.37. The van der Waals surface area contributed by atoms with Crippen molar-refractivity contribution in [1.29, 1.82) is 0 Å². The van der Waals surface area contributed by atoms with Crippen LogP contribution in [0.25, 0.3) is 11.3 Å². The summed E-state index contributed by atoms with van der Waals surface area (Å²) < 4.78 is 22.9. The minimum absolute atomic E-state index is 0.174. The molecule has 35 heavy (non-hydrogen) atoms. The lowest BCUT2D eigenvalue weighted by Gasteiger charge is -2.24. The van der Waals surface area contributed by atoms with Crippen LogP contribution in [0.2, 0.25) is 0 Å². The van der Waals surface area contributed by atoms with Gasteiger partial charge in [0, 0.05) is 51.9 Å². The van der Waals surface area contributed by atoms with Gasteiger partial charge in [-0.15, -0.1) is 0 Å². The van der Waals surface area contributed by atoms with Crippen molar-refractivity contribution in [2.24, 2.45) is 0 Å². The lowest BCUT2D eigenvalue weighted by atomic mass is 10.1. The van der Waals surface area contributed by atoms with E-state index in [1.165, 1.54) is 6.39 Å². The minimum Gasteiger partial charge on any atom is -0.491 e. The third kappa shape index (κ3) is 5.12. The molecular formula is C27H25N3O4S. The third-order valence-electron chi connectivity index (χ3n) is 5.90. The molecule has 1 unspecified atom stereocenters. The number of carbonyl (C=O) groups is 1. The van der Waals surface area contributed by atoms with E-state index in [1.807, 2.05) is 60.7 Å². The smallest absolute Gasteiger partial charge is 0.251 e. The summed E-state index contributed by atoms with van der Waals surface area (Å²) in [5.41, 5.74) is 4.40. The highest BCUT2D eigenvalue weighted by atomic mass is 32.2.